The highest BCUT2D eigenvalue weighted by Crippen LogP contribution is 2.02. The van der Waals surface area contributed by atoms with E-state index in [1.807, 2.05) is 18.2 Å². The second-order valence-corrected chi connectivity index (χ2v) is 3.27. The average molecular weight is 155 g/mol. The lowest BCUT2D eigenvalue weighted by atomic mass is 10.4. The van der Waals surface area contributed by atoms with Crippen molar-refractivity contribution in [1.82, 2.24) is 0 Å². The Labute approximate surface area is 62.7 Å². The van der Waals surface area contributed by atoms with Crippen LogP contribution in [0.15, 0.2) is 24.3 Å². The van der Waals surface area contributed by atoms with Crippen molar-refractivity contribution in [3.8, 4) is 0 Å². The van der Waals surface area contributed by atoms with E-state index in [4.69, 9.17) is 11.6 Å². The van der Waals surface area contributed by atoms with Crippen molar-refractivity contribution >= 4 is 26.3 Å². The molecule has 0 fully saturated rings. The number of rotatable bonds is 1. The molecule has 1 rings (SSSR count). The smallest absolute Gasteiger partial charge is 0.0774 e. The Morgan fingerprint density at radius 3 is 2.67 bits per heavy atom. The summed E-state index contributed by atoms with van der Waals surface area (Å²) in [5, 5.41) is 2.16. The lowest BCUT2D eigenvalue weighted by Crippen LogP contribution is -2.08. The average Bonchev–Trinajstić information content (AvgIpc) is 1.88. The van der Waals surface area contributed by atoms with Crippen LogP contribution < -0.4 is 5.19 Å². The van der Waals surface area contributed by atoms with Crippen LogP contribution in [0, 0.1) is 0 Å². The predicted octanol–water partition coefficient (Wildman–Crippen LogP) is 1.72. The Morgan fingerprint density at radius 2 is 2.22 bits per heavy atom. The lowest BCUT2D eigenvalue weighted by Gasteiger charge is -1.92. The van der Waals surface area contributed by atoms with Crippen molar-refractivity contribution in [3.05, 3.63) is 29.3 Å². The molecule has 0 N–H and O–H groups in total. The Hall–Kier alpha value is -0.273. The largest absolute Gasteiger partial charge is 0.0844 e. The summed E-state index contributed by atoms with van der Waals surface area (Å²) in [6, 6.07) is 7.96. The summed E-state index contributed by atoms with van der Waals surface area (Å²) in [5.74, 6) is 0. The molecule has 0 aliphatic heterocycles. The minimum absolute atomic E-state index is 0.835. The zero-order valence-corrected chi connectivity index (χ0v) is 6.94. The van der Waals surface area contributed by atoms with E-state index in [9.17, 15) is 0 Å². The summed E-state index contributed by atoms with van der Waals surface area (Å²) >= 11 is 5.73. The van der Waals surface area contributed by atoms with Crippen molar-refractivity contribution < 1.29 is 0 Å². The first-order chi connectivity index (χ1) is 4.33. The molecular formula is C7H7ClSi. The Kier molecular flexibility index (Phi) is 2.31. The molecule has 0 heterocycles. The van der Waals surface area contributed by atoms with Gasteiger partial charge in [0.25, 0.3) is 0 Å². The molecule has 0 amide bonds. The van der Waals surface area contributed by atoms with E-state index in [0.717, 1.165) is 14.5 Å². The first kappa shape index (κ1) is 6.84. The molecule has 0 aromatic heterocycles. The maximum absolute atomic E-state index is 5.73. The second-order valence-electron chi connectivity index (χ2n) is 1.76. The van der Waals surface area contributed by atoms with Crippen molar-refractivity contribution in [2.45, 2.75) is 6.55 Å². The molecule has 0 saturated carbocycles. The van der Waals surface area contributed by atoms with Crippen molar-refractivity contribution in [2.75, 3.05) is 0 Å². The van der Waals surface area contributed by atoms with Crippen LogP contribution >= 0.6 is 11.6 Å². The molecule has 2 radical (unpaired) electrons. The van der Waals surface area contributed by atoms with Gasteiger partial charge >= 0.3 is 0 Å². The van der Waals surface area contributed by atoms with Crippen LogP contribution in [0.4, 0.5) is 0 Å². The van der Waals surface area contributed by atoms with Crippen LogP contribution in [0.25, 0.3) is 0 Å². The molecule has 1 aromatic carbocycles. The van der Waals surface area contributed by atoms with Crippen molar-refractivity contribution in [2.24, 2.45) is 0 Å². The number of hydrogen-bond donors (Lipinski definition) is 0. The molecule has 0 unspecified atom stereocenters. The van der Waals surface area contributed by atoms with Gasteiger partial charge in [0, 0.05) is 5.02 Å². The van der Waals surface area contributed by atoms with Gasteiger partial charge in [-0.3, -0.25) is 0 Å². The first-order valence-corrected chi connectivity index (χ1v) is 4.64. The molecule has 0 atom stereocenters. The maximum Gasteiger partial charge on any atom is 0.0774 e. The SMILES string of the molecule is C[Si]c1cccc(Cl)c1. The van der Waals surface area contributed by atoms with Gasteiger partial charge in [0.15, 0.2) is 0 Å². The molecule has 1 aromatic rings. The number of benzene rings is 1. The molecular weight excluding hydrogens is 148 g/mol. The third kappa shape index (κ3) is 1.84. The second kappa shape index (κ2) is 3.04. The molecule has 2 heteroatoms. The highest BCUT2D eigenvalue weighted by Gasteiger charge is 1.88. The summed E-state index contributed by atoms with van der Waals surface area (Å²) in [4.78, 5) is 0. The van der Waals surface area contributed by atoms with Gasteiger partial charge in [-0.15, -0.1) is 0 Å². The van der Waals surface area contributed by atoms with Gasteiger partial charge < -0.3 is 0 Å². The molecule has 9 heavy (non-hydrogen) atoms. The van der Waals surface area contributed by atoms with E-state index < -0.39 is 0 Å². The van der Waals surface area contributed by atoms with Crippen LogP contribution in [0.2, 0.25) is 11.6 Å². The van der Waals surface area contributed by atoms with Gasteiger partial charge in [-0.25, -0.2) is 0 Å². The first-order valence-electron chi connectivity index (χ1n) is 2.76. The molecule has 0 aliphatic carbocycles. The Bertz CT molecular complexity index is 198. The summed E-state index contributed by atoms with van der Waals surface area (Å²) < 4.78 is 0. The summed E-state index contributed by atoms with van der Waals surface area (Å²) in [6.07, 6.45) is 0. The molecule has 0 aliphatic rings. The van der Waals surface area contributed by atoms with Crippen LogP contribution in [0.5, 0.6) is 0 Å². The Morgan fingerprint density at radius 1 is 1.44 bits per heavy atom. The highest BCUT2D eigenvalue weighted by molar-refractivity contribution is 6.52. The maximum atomic E-state index is 5.73. The lowest BCUT2D eigenvalue weighted by molar-refractivity contribution is 1.76. The monoisotopic (exact) mass is 154 g/mol. The van der Waals surface area contributed by atoms with E-state index in [2.05, 4.69) is 12.6 Å². The minimum atomic E-state index is 0.835. The third-order valence-corrected chi connectivity index (χ3v) is 2.24. The van der Waals surface area contributed by atoms with Gasteiger partial charge in [0.2, 0.25) is 0 Å². The molecule has 0 spiro atoms. The fourth-order valence-corrected chi connectivity index (χ4v) is 1.49. The van der Waals surface area contributed by atoms with Crippen molar-refractivity contribution in [1.29, 1.82) is 0 Å². The fraction of sp³-hybridized carbons (Fsp3) is 0.143. The highest BCUT2D eigenvalue weighted by atomic mass is 35.5. The van der Waals surface area contributed by atoms with Gasteiger partial charge in [0.1, 0.15) is 0 Å². The topological polar surface area (TPSA) is 0 Å². The molecule has 0 saturated heterocycles. The van der Waals surface area contributed by atoms with E-state index in [1.54, 1.807) is 0 Å². The summed E-state index contributed by atoms with van der Waals surface area (Å²) in [5.41, 5.74) is 0. The molecule has 0 bridgehead atoms. The molecule has 46 valence electrons. The van der Waals surface area contributed by atoms with E-state index in [-0.39, 0.29) is 0 Å². The van der Waals surface area contributed by atoms with Crippen molar-refractivity contribution in [3.63, 3.8) is 0 Å². The zero-order valence-electron chi connectivity index (χ0n) is 5.19. The van der Waals surface area contributed by atoms with Gasteiger partial charge in [-0.1, -0.05) is 35.5 Å². The van der Waals surface area contributed by atoms with E-state index in [1.165, 1.54) is 5.19 Å². The predicted molar refractivity (Wildman–Crippen MR) is 42.7 cm³/mol. The van der Waals surface area contributed by atoms with Gasteiger partial charge in [-0.2, -0.15) is 0 Å². The quantitative estimate of drug-likeness (QED) is 0.541. The third-order valence-electron chi connectivity index (χ3n) is 1.11. The number of hydrogen-bond acceptors (Lipinski definition) is 0. The molecule has 0 nitrogen and oxygen atoms in total. The van der Waals surface area contributed by atoms with E-state index in [0.29, 0.717) is 0 Å². The standard InChI is InChI=1S/C7H7ClSi/c1-9-7-4-2-3-6(8)5-7/h2-5H,1H3. The number of halogens is 1. The Balaban J connectivity index is 2.94. The van der Waals surface area contributed by atoms with Crippen LogP contribution in [-0.4, -0.2) is 9.52 Å². The van der Waals surface area contributed by atoms with Gasteiger partial charge in [0.05, 0.1) is 9.52 Å². The summed E-state index contributed by atoms with van der Waals surface area (Å²) in [6.45, 7) is 2.14. The fourth-order valence-electron chi connectivity index (χ4n) is 0.644. The zero-order chi connectivity index (χ0) is 6.69. The van der Waals surface area contributed by atoms with Crippen LogP contribution in [0.3, 0.4) is 0 Å². The van der Waals surface area contributed by atoms with E-state index >= 15 is 0 Å². The van der Waals surface area contributed by atoms with Crippen LogP contribution in [0.1, 0.15) is 0 Å². The van der Waals surface area contributed by atoms with Gasteiger partial charge in [-0.05, 0) is 12.1 Å². The minimum Gasteiger partial charge on any atom is -0.0844 e. The normalized spacial score (nSPS) is 9.56. The van der Waals surface area contributed by atoms with Crippen LogP contribution in [-0.2, 0) is 0 Å². The summed E-state index contributed by atoms with van der Waals surface area (Å²) in [7, 11) is 0.842.